The van der Waals surface area contributed by atoms with Gasteiger partial charge in [-0.25, -0.2) is 4.68 Å². The van der Waals surface area contributed by atoms with Gasteiger partial charge < -0.3 is 5.73 Å². The van der Waals surface area contributed by atoms with E-state index in [0.29, 0.717) is 13.1 Å². The number of halogens is 1. The maximum atomic E-state index is 5.56. The highest BCUT2D eigenvalue weighted by molar-refractivity contribution is 9.10. The van der Waals surface area contributed by atoms with Gasteiger partial charge in [0.05, 0.1) is 18.4 Å². The Labute approximate surface area is 96.2 Å². The Hall–Kier alpha value is -1.20. The first-order valence-electron chi connectivity index (χ1n) is 4.61. The summed E-state index contributed by atoms with van der Waals surface area (Å²) in [6.07, 6.45) is 1.69. The van der Waals surface area contributed by atoms with Gasteiger partial charge in [-0.15, -0.1) is 5.10 Å². The van der Waals surface area contributed by atoms with Gasteiger partial charge in [0.15, 0.2) is 0 Å². The van der Waals surface area contributed by atoms with Gasteiger partial charge in [0.2, 0.25) is 0 Å². The summed E-state index contributed by atoms with van der Waals surface area (Å²) < 4.78 is 2.88. The van der Waals surface area contributed by atoms with E-state index >= 15 is 0 Å². The van der Waals surface area contributed by atoms with Crippen LogP contribution in [0.4, 0.5) is 0 Å². The highest BCUT2D eigenvalue weighted by atomic mass is 79.9. The Balaban J connectivity index is 2.18. The van der Waals surface area contributed by atoms with Gasteiger partial charge in [-0.3, -0.25) is 0 Å². The van der Waals surface area contributed by atoms with Crippen molar-refractivity contribution >= 4 is 15.9 Å². The molecule has 78 valence electrons. The first-order valence-corrected chi connectivity index (χ1v) is 5.41. The van der Waals surface area contributed by atoms with Crippen molar-refractivity contribution < 1.29 is 0 Å². The molecule has 0 saturated carbocycles. The van der Waals surface area contributed by atoms with Crippen LogP contribution in [-0.2, 0) is 13.1 Å². The summed E-state index contributed by atoms with van der Waals surface area (Å²) in [5, 5.41) is 7.81. The summed E-state index contributed by atoms with van der Waals surface area (Å²) in [5.74, 6) is 0. The van der Waals surface area contributed by atoms with Crippen molar-refractivity contribution in [2.75, 3.05) is 0 Å². The third kappa shape index (κ3) is 2.43. The quantitative estimate of drug-likeness (QED) is 0.917. The molecule has 1 aromatic carbocycles. The lowest BCUT2D eigenvalue weighted by Gasteiger charge is -2.04. The molecule has 4 nitrogen and oxygen atoms in total. The molecule has 5 heteroatoms. The molecule has 0 aliphatic rings. The van der Waals surface area contributed by atoms with Gasteiger partial charge in [0.1, 0.15) is 0 Å². The summed E-state index contributed by atoms with van der Waals surface area (Å²) in [5.41, 5.74) is 7.69. The van der Waals surface area contributed by atoms with Crippen LogP contribution in [0.5, 0.6) is 0 Å². The fraction of sp³-hybridized carbons (Fsp3) is 0.200. The minimum Gasteiger partial charge on any atom is -0.325 e. The second kappa shape index (κ2) is 4.55. The highest BCUT2D eigenvalue weighted by Gasteiger charge is 2.02. The van der Waals surface area contributed by atoms with Gasteiger partial charge in [0, 0.05) is 11.0 Å². The molecule has 0 bridgehead atoms. The average Bonchev–Trinajstić information content (AvgIpc) is 2.69. The number of benzene rings is 1. The van der Waals surface area contributed by atoms with Gasteiger partial charge in [-0.05, 0) is 17.7 Å². The number of rotatable bonds is 3. The van der Waals surface area contributed by atoms with Crippen molar-refractivity contribution in [2.45, 2.75) is 13.1 Å². The largest absolute Gasteiger partial charge is 0.325 e. The van der Waals surface area contributed by atoms with Crippen molar-refractivity contribution in [2.24, 2.45) is 5.73 Å². The predicted octanol–water partition coefficient (Wildman–Crippen LogP) is 1.55. The van der Waals surface area contributed by atoms with Gasteiger partial charge >= 0.3 is 0 Å². The Morgan fingerprint density at radius 2 is 2.00 bits per heavy atom. The first kappa shape index (κ1) is 10.3. The Morgan fingerprint density at radius 1 is 1.27 bits per heavy atom. The monoisotopic (exact) mass is 266 g/mol. The molecular formula is C10H11BrN4. The lowest BCUT2D eigenvalue weighted by molar-refractivity contribution is 0.619. The second-order valence-electron chi connectivity index (χ2n) is 3.21. The SMILES string of the molecule is NCc1cnnn1Cc1ccc(Br)cc1. The minimum atomic E-state index is 0.462. The van der Waals surface area contributed by atoms with Crippen LogP contribution < -0.4 is 5.73 Å². The standard InChI is InChI=1S/C10H11BrN4/c11-9-3-1-8(2-4-9)7-15-10(5-12)6-13-14-15/h1-4,6H,5,7,12H2. The first-order chi connectivity index (χ1) is 7.29. The number of nitrogens with two attached hydrogens (primary N) is 1. The fourth-order valence-corrected chi connectivity index (χ4v) is 1.60. The number of aromatic nitrogens is 3. The van der Waals surface area contributed by atoms with Crippen molar-refractivity contribution in [3.63, 3.8) is 0 Å². The van der Waals surface area contributed by atoms with Crippen molar-refractivity contribution in [3.05, 3.63) is 46.2 Å². The summed E-state index contributed by atoms with van der Waals surface area (Å²) in [4.78, 5) is 0. The van der Waals surface area contributed by atoms with Crippen LogP contribution in [0.25, 0.3) is 0 Å². The molecule has 2 N–H and O–H groups in total. The van der Waals surface area contributed by atoms with Crippen molar-refractivity contribution in [3.8, 4) is 0 Å². The number of hydrogen-bond donors (Lipinski definition) is 1. The predicted molar refractivity (Wildman–Crippen MR) is 61.2 cm³/mol. The molecule has 0 radical (unpaired) electrons. The third-order valence-corrected chi connectivity index (χ3v) is 2.68. The maximum Gasteiger partial charge on any atom is 0.0738 e. The molecule has 0 spiro atoms. The summed E-state index contributed by atoms with van der Waals surface area (Å²) in [6, 6.07) is 8.11. The zero-order valence-corrected chi connectivity index (χ0v) is 9.68. The smallest absolute Gasteiger partial charge is 0.0738 e. The molecule has 1 aromatic heterocycles. The fourth-order valence-electron chi connectivity index (χ4n) is 1.33. The summed E-state index contributed by atoms with van der Waals surface area (Å²) in [7, 11) is 0. The molecule has 0 fully saturated rings. The molecule has 15 heavy (non-hydrogen) atoms. The van der Waals surface area contributed by atoms with Gasteiger partial charge in [-0.1, -0.05) is 33.3 Å². The molecule has 1 heterocycles. The molecular weight excluding hydrogens is 256 g/mol. The topological polar surface area (TPSA) is 56.7 Å². The van der Waals surface area contributed by atoms with E-state index in [0.717, 1.165) is 10.2 Å². The van der Waals surface area contributed by atoms with Crippen LogP contribution in [0.1, 0.15) is 11.3 Å². The molecule has 0 unspecified atom stereocenters. The van der Waals surface area contributed by atoms with E-state index < -0.39 is 0 Å². The van der Waals surface area contributed by atoms with E-state index in [2.05, 4.69) is 26.2 Å². The average molecular weight is 267 g/mol. The Kier molecular flexibility index (Phi) is 3.13. The highest BCUT2D eigenvalue weighted by Crippen LogP contribution is 2.11. The van der Waals surface area contributed by atoms with Crippen LogP contribution >= 0.6 is 15.9 Å². The molecule has 0 aliphatic carbocycles. The van der Waals surface area contributed by atoms with Crippen LogP contribution in [0, 0.1) is 0 Å². The van der Waals surface area contributed by atoms with Crippen LogP contribution in [0.2, 0.25) is 0 Å². The van der Waals surface area contributed by atoms with Crippen molar-refractivity contribution in [1.82, 2.24) is 15.0 Å². The molecule has 0 atom stereocenters. The van der Waals surface area contributed by atoms with E-state index in [9.17, 15) is 0 Å². The second-order valence-corrected chi connectivity index (χ2v) is 4.13. The lowest BCUT2D eigenvalue weighted by Crippen LogP contribution is -2.09. The molecule has 0 aliphatic heterocycles. The zero-order chi connectivity index (χ0) is 10.7. The Bertz CT molecular complexity index is 435. The van der Waals surface area contributed by atoms with E-state index in [1.807, 2.05) is 28.9 Å². The molecule has 0 saturated heterocycles. The van der Waals surface area contributed by atoms with E-state index in [4.69, 9.17) is 5.73 Å². The van der Waals surface area contributed by atoms with Crippen LogP contribution in [0.3, 0.4) is 0 Å². The van der Waals surface area contributed by atoms with Crippen LogP contribution in [-0.4, -0.2) is 15.0 Å². The zero-order valence-electron chi connectivity index (χ0n) is 8.10. The molecule has 2 aromatic rings. The summed E-state index contributed by atoms with van der Waals surface area (Å²) in [6.45, 7) is 1.17. The van der Waals surface area contributed by atoms with Crippen LogP contribution in [0.15, 0.2) is 34.9 Å². The Morgan fingerprint density at radius 3 is 2.67 bits per heavy atom. The number of hydrogen-bond acceptors (Lipinski definition) is 3. The van der Waals surface area contributed by atoms with Gasteiger partial charge in [-0.2, -0.15) is 0 Å². The molecule has 2 rings (SSSR count). The maximum absolute atomic E-state index is 5.56. The van der Waals surface area contributed by atoms with Gasteiger partial charge in [0.25, 0.3) is 0 Å². The van der Waals surface area contributed by atoms with E-state index in [1.54, 1.807) is 6.20 Å². The minimum absolute atomic E-state index is 0.462. The molecule has 0 amide bonds. The third-order valence-electron chi connectivity index (χ3n) is 2.15. The number of nitrogens with zero attached hydrogens (tertiary/aromatic N) is 3. The normalized spacial score (nSPS) is 10.5. The van der Waals surface area contributed by atoms with E-state index in [1.165, 1.54) is 5.56 Å². The van der Waals surface area contributed by atoms with E-state index in [-0.39, 0.29) is 0 Å². The summed E-state index contributed by atoms with van der Waals surface area (Å²) >= 11 is 3.40. The van der Waals surface area contributed by atoms with Crippen molar-refractivity contribution in [1.29, 1.82) is 0 Å². The lowest BCUT2D eigenvalue weighted by atomic mass is 10.2.